The second kappa shape index (κ2) is 6.53. The van der Waals surface area contributed by atoms with E-state index in [4.69, 9.17) is 4.74 Å². The maximum Gasteiger partial charge on any atom is 0.302 e. The molecular formula is C23H36O5. The Morgan fingerprint density at radius 3 is 2.39 bits per heavy atom. The zero-order valence-corrected chi connectivity index (χ0v) is 17.7. The van der Waals surface area contributed by atoms with Crippen LogP contribution in [0.15, 0.2) is 0 Å². The highest BCUT2D eigenvalue weighted by molar-refractivity contribution is 5.86. The zero-order valence-electron chi connectivity index (χ0n) is 17.7. The molecule has 5 heteroatoms. The maximum absolute atomic E-state index is 12.5. The van der Waals surface area contributed by atoms with Gasteiger partial charge in [0.25, 0.3) is 0 Å². The van der Waals surface area contributed by atoms with Crippen LogP contribution in [0.3, 0.4) is 0 Å². The van der Waals surface area contributed by atoms with Crippen molar-refractivity contribution in [2.45, 2.75) is 96.9 Å². The van der Waals surface area contributed by atoms with Gasteiger partial charge in [-0.15, -0.1) is 0 Å². The van der Waals surface area contributed by atoms with Gasteiger partial charge in [-0.3, -0.25) is 9.59 Å². The third-order valence-corrected chi connectivity index (χ3v) is 9.60. The molecule has 0 aromatic rings. The van der Waals surface area contributed by atoms with Gasteiger partial charge < -0.3 is 14.9 Å². The highest BCUT2D eigenvalue weighted by atomic mass is 16.5. The molecule has 4 saturated carbocycles. The summed E-state index contributed by atoms with van der Waals surface area (Å²) >= 11 is 0. The van der Waals surface area contributed by atoms with E-state index in [0.717, 1.165) is 38.5 Å². The molecule has 2 N–H and O–H groups in total. The second-order valence-corrected chi connectivity index (χ2v) is 10.7. The van der Waals surface area contributed by atoms with Gasteiger partial charge in [0, 0.05) is 18.3 Å². The molecule has 9 atom stereocenters. The first-order chi connectivity index (χ1) is 13.0. The number of rotatable bonds is 2. The van der Waals surface area contributed by atoms with Gasteiger partial charge in [0.1, 0.15) is 11.7 Å². The molecule has 0 spiro atoms. The Hall–Kier alpha value is -0.940. The lowest BCUT2D eigenvalue weighted by atomic mass is 9.43. The van der Waals surface area contributed by atoms with Crippen molar-refractivity contribution in [1.29, 1.82) is 0 Å². The van der Waals surface area contributed by atoms with Crippen LogP contribution in [0.4, 0.5) is 0 Å². The van der Waals surface area contributed by atoms with Crippen molar-refractivity contribution in [2.24, 2.45) is 34.5 Å². The van der Waals surface area contributed by atoms with E-state index in [1.54, 1.807) is 0 Å². The number of ether oxygens (including phenoxy) is 1. The van der Waals surface area contributed by atoms with E-state index in [0.29, 0.717) is 24.7 Å². The summed E-state index contributed by atoms with van der Waals surface area (Å²) in [5.74, 6) is 0.897. The Balaban J connectivity index is 1.76. The summed E-state index contributed by atoms with van der Waals surface area (Å²) in [5.41, 5.74) is -1.82. The lowest BCUT2D eigenvalue weighted by molar-refractivity contribution is -0.212. The summed E-state index contributed by atoms with van der Waals surface area (Å²) in [6, 6.07) is 0. The number of hydrogen-bond donors (Lipinski definition) is 2. The molecule has 0 radical (unpaired) electrons. The monoisotopic (exact) mass is 392 g/mol. The van der Waals surface area contributed by atoms with Crippen molar-refractivity contribution in [1.82, 2.24) is 0 Å². The summed E-state index contributed by atoms with van der Waals surface area (Å²) in [7, 11) is 0. The molecule has 0 saturated heterocycles. The first-order valence-electron chi connectivity index (χ1n) is 11.1. The van der Waals surface area contributed by atoms with Gasteiger partial charge in [-0.05, 0) is 81.5 Å². The Kier molecular flexibility index (Phi) is 4.74. The van der Waals surface area contributed by atoms with Crippen molar-refractivity contribution >= 4 is 11.8 Å². The fourth-order valence-electron chi connectivity index (χ4n) is 8.23. The van der Waals surface area contributed by atoms with Crippen molar-refractivity contribution in [3.8, 4) is 0 Å². The molecule has 0 unspecified atom stereocenters. The summed E-state index contributed by atoms with van der Waals surface area (Å²) < 4.78 is 5.92. The number of carbonyl (C=O) groups excluding carboxylic acids is 2. The number of Topliss-reactive ketones (excluding diaryl/α,β-unsaturated/α-hetero) is 1. The predicted molar refractivity (Wildman–Crippen MR) is 104 cm³/mol. The molecule has 0 heterocycles. The number of carbonyl (C=O) groups is 2. The molecule has 4 aliphatic rings. The van der Waals surface area contributed by atoms with E-state index >= 15 is 0 Å². The average Bonchev–Trinajstić information content (AvgIpc) is 2.87. The summed E-state index contributed by atoms with van der Waals surface area (Å²) in [6.07, 6.45) is 6.16. The molecule has 0 amide bonds. The van der Waals surface area contributed by atoms with Gasteiger partial charge in [-0.1, -0.05) is 13.8 Å². The summed E-state index contributed by atoms with van der Waals surface area (Å²) in [5, 5.41) is 21.6. The van der Waals surface area contributed by atoms with Crippen LogP contribution in [0.2, 0.25) is 0 Å². The molecule has 0 aromatic heterocycles. The lowest BCUT2D eigenvalue weighted by Gasteiger charge is -2.63. The van der Waals surface area contributed by atoms with Gasteiger partial charge >= 0.3 is 5.97 Å². The molecule has 4 fully saturated rings. The van der Waals surface area contributed by atoms with Crippen LogP contribution in [-0.4, -0.2) is 39.8 Å². The first-order valence-corrected chi connectivity index (χ1v) is 11.1. The standard InChI is InChI=1S/C23H36O5/c1-13(24)23(27)10-8-18-17-6-5-15-11-16(26)7-9-21(15,3)20(17)19(28-14(2)25)12-22(18,23)4/h15-20,26-27H,5-12H2,1-4H3/t15-,16-,17-,18-,19+,20+,21-,22-,23-/m0/s1. The van der Waals surface area contributed by atoms with Crippen LogP contribution in [0.5, 0.6) is 0 Å². The minimum Gasteiger partial charge on any atom is -0.462 e. The highest BCUT2D eigenvalue weighted by Gasteiger charge is 2.69. The van der Waals surface area contributed by atoms with E-state index < -0.39 is 11.0 Å². The molecule has 158 valence electrons. The first kappa shape index (κ1) is 20.3. The number of aliphatic hydroxyl groups excluding tert-OH is 1. The minimum atomic E-state index is -1.32. The van der Waals surface area contributed by atoms with Crippen LogP contribution in [-0.2, 0) is 14.3 Å². The van der Waals surface area contributed by atoms with Gasteiger partial charge in [0.2, 0.25) is 0 Å². The second-order valence-electron chi connectivity index (χ2n) is 10.7. The van der Waals surface area contributed by atoms with E-state index in [1.165, 1.54) is 13.8 Å². The molecule has 4 rings (SSSR count). The van der Waals surface area contributed by atoms with E-state index in [9.17, 15) is 19.8 Å². The van der Waals surface area contributed by atoms with Crippen LogP contribution >= 0.6 is 0 Å². The highest BCUT2D eigenvalue weighted by Crippen LogP contribution is 2.68. The Morgan fingerprint density at radius 1 is 1.04 bits per heavy atom. The summed E-state index contributed by atoms with van der Waals surface area (Å²) in [6.45, 7) is 7.35. The fourth-order valence-corrected chi connectivity index (χ4v) is 8.23. The Labute approximate surface area is 168 Å². The Morgan fingerprint density at radius 2 is 1.75 bits per heavy atom. The molecule has 4 aliphatic carbocycles. The largest absolute Gasteiger partial charge is 0.462 e. The molecule has 0 aliphatic heterocycles. The fraction of sp³-hybridized carbons (Fsp3) is 0.913. The quantitative estimate of drug-likeness (QED) is 0.705. The zero-order chi connectivity index (χ0) is 20.5. The van der Waals surface area contributed by atoms with Crippen molar-refractivity contribution in [3.05, 3.63) is 0 Å². The van der Waals surface area contributed by atoms with Crippen molar-refractivity contribution in [3.63, 3.8) is 0 Å². The third-order valence-electron chi connectivity index (χ3n) is 9.60. The minimum absolute atomic E-state index is 0.0422. The molecule has 5 nitrogen and oxygen atoms in total. The van der Waals surface area contributed by atoms with E-state index in [-0.39, 0.29) is 41.2 Å². The smallest absolute Gasteiger partial charge is 0.302 e. The molecule has 0 aromatic carbocycles. The topological polar surface area (TPSA) is 83.8 Å². The number of fused-ring (bicyclic) bond motifs is 5. The van der Waals surface area contributed by atoms with Crippen LogP contribution in [0, 0.1) is 34.5 Å². The van der Waals surface area contributed by atoms with Crippen LogP contribution in [0.1, 0.15) is 79.1 Å². The van der Waals surface area contributed by atoms with Gasteiger partial charge in [-0.25, -0.2) is 0 Å². The lowest BCUT2D eigenvalue weighted by Crippen LogP contribution is -2.63. The predicted octanol–water partition coefficient (Wildman–Crippen LogP) is 3.25. The van der Waals surface area contributed by atoms with Crippen molar-refractivity contribution < 1.29 is 24.5 Å². The van der Waals surface area contributed by atoms with Crippen LogP contribution in [0.25, 0.3) is 0 Å². The number of hydrogen-bond acceptors (Lipinski definition) is 5. The number of aliphatic hydroxyl groups is 2. The number of ketones is 1. The van der Waals surface area contributed by atoms with Gasteiger partial charge in [0.15, 0.2) is 5.78 Å². The molecule has 28 heavy (non-hydrogen) atoms. The van der Waals surface area contributed by atoms with E-state index in [1.807, 2.05) is 0 Å². The average molecular weight is 393 g/mol. The normalized spacial score (nSPS) is 52.9. The third kappa shape index (κ3) is 2.64. The van der Waals surface area contributed by atoms with Crippen LogP contribution < -0.4 is 0 Å². The number of esters is 1. The molecule has 0 bridgehead atoms. The van der Waals surface area contributed by atoms with E-state index in [2.05, 4.69) is 13.8 Å². The molecular weight excluding hydrogens is 356 g/mol. The van der Waals surface area contributed by atoms with Crippen molar-refractivity contribution in [2.75, 3.05) is 0 Å². The Bertz CT molecular complexity index is 676. The van der Waals surface area contributed by atoms with Gasteiger partial charge in [0.05, 0.1) is 6.10 Å². The SMILES string of the molecule is CC(=O)O[C@@H]1C[C@@]2(C)[C@@H](CC[C@]2(O)C(C)=O)[C@@H]2CC[C@H]3C[C@@H](O)CC[C@]3(C)[C@H]21. The van der Waals surface area contributed by atoms with Gasteiger partial charge in [-0.2, -0.15) is 0 Å². The summed E-state index contributed by atoms with van der Waals surface area (Å²) in [4.78, 5) is 24.5. The maximum atomic E-state index is 12.5.